The summed E-state index contributed by atoms with van der Waals surface area (Å²) >= 11 is 0. The minimum absolute atomic E-state index is 0.139. The topological polar surface area (TPSA) is 52.4 Å². The van der Waals surface area contributed by atoms with E-state index in [1.165, 1.54) is 24.3 Å². The molecular weight excluding hydrogens is 256 g/mol. The zero-order valence-corrected chi connectivity index (χ0v) is 9.62. The quantitative estimate of drug-likeness (QED) is 0.625. The number of nitro groups is 1. The fraction of sp³-hybridized carbons (Fsp3) is 0.0769. The summed E-state index contributed by atoms with van der Waals surface area (Å²) in [7, 11) is 0. The fourth-order valence-electron chi connectivity index (χ4n) is 1.48. The molecule has 98 valence electrons. The average Bonchev–Trinajstić information content (AvgIpc) is 2.40. The molecule has 0 aliphatic rings. The normalized spacial score (nSPS) is 11.1. The Morgan fingerprint density at radius 3 is 2.11 bits per heavy atom. The molecule has 0 amide bonds. The van der Waals surface area contributed by atoms with Gasteiger partial charge in [0.2, 0.25) is 0 Å². The highest BCUT2D eigenvalue weighted by molar-refractivity contribution is 5.36. The van der Waals surface area contributed by atoms with Gasteiger partial charge in [0.25, 0.3) is 5.69 Å². The Hall–Kier alpha value is -2.50. The van der Waals surface area contributed by atoms with Crippen molar-refractivity contribution >= 4 is 5.69 Å². The van der Waals surface area contributed by atoms with Crippen LogP contribution in [0.15, 0.2) is 54.6 Å². The number of rotatable bonds is 4. The van der Waals surface area contributed by atoms with Crippen molar-refractivity contribution in [1.29, 1.82) is 0 Å². The van der Waals surface area contributed by atoms with Gasteiger partial charge >= 0.3 is 6.11 Å². The van der Waals surface area contributed by atoms with Crippen LogP contribution in [-0.2, 0) is 6.11 Å². The number of ether oxygens (including phenoxy) is 1. The van der Waals surface area contributed by atoms with E-state index in [2.05, 4.69) is 4.74 Å². The molecule has 0 fully saturated rings. The number of alkyl halides is 2. The largest absolute Gasteiger partial charge is 0.429 e. The van der Waals surface area contributed by atoms with Gasteiger partial charge < -0.3 is 4.74 Å². The van der Waals surface area contributed by atoms with Crippen LogP contribution >= 0.6 is 0 Å². The first-order valence-corrected chi connectivity index (χ1v) is 5.36. The van der Waals surface area contributed by atoms with Crippen molar-refractivity contribution in [3.05, 3.63) is 70.3 Å². The summed E-state index contributed by atoms with van der Waals surface area (Å²) in [4.78, 5) is 9.82. The molecule has 0 heterocycles. The van der Waals surface area contributed by atoms with E-state index >= 15 is 0 Å². The number of hydrogen-bond acceptors (Lipinski definition) is 3. The number of non-ortho nitro benzene ring substituents is 1. The van der Waals surface area contributed by atoms with Gasteiger partial charge in [-0.05, 0) is 24.3 Å². The zero-order valence-electron chi connectivity index (χ0n) is 9.62. The van der Waals surface area contributed by atoms with E-state index < -0.39 is 11.0 Å². The molecule has 4 nitrogen and oxygen atoms in total. The highest BCUT2D eigenvalue weighted by atomic mass is 19.3. The molecule has 0 bridgehead atoms. The number of halogens is 2. The maximum atomic E-state index is 13.7. The molecule has 0 aromatic heterocycles. The highest BCUT2D eigenvalue weighted by Crippen LogP contribution is 2.31. The monoisotopic (exact) mass is 265 g/mol. The molecular formula is C13H9F2NO3. The smallest absolute Gasteiger partial charge is 0.426 e. The first-order chi connectivity index (χ1) is 8.99. The minimum Gasteiger partial charge on any atom is -0.429 e. The second kappa shape index (κ2) is 5.01. The van der Waals surface area contributed by atoms with Gasteiger partial charge in [-0.25, -0.2) is 0 Å². The van der Waals surface area contributed by atoms with Crippen LogP contribution in [0.1, 0.15) is 5.56 Å². The molecule has 0 aliphatic heterocycles. The van der Waals surface area contributed by atoms with E-state index in [1.807, 2.05) is 0 Å². The molecule has 19 heavy (non-hydrogen) atoms. The number of nitro benzene ring substituents is 1. The second-order valence-electron chi connectivity index (χ2n) is 3.74. The van der Waals surface area contributed by atoms with Crippen LogP contribution in [0.4, 0.5) is 14.5 Å². The van der Waals surface area contributed by atoms with Crippen molar-refractivity contribution in [2.45, 2.75) is 6.11 Å². The lowest BCUT2D eigenvalue weighted by molar-refractivity contribution is -0.384. The summed E-state index contributed by atoms with van der Waals surface area (Å²) in [6.07, 6.45) is -3.49. The third kappa shape index (κ3) is 3.04. The molecule has 0 saturated heterocycles. The Morgan fingerprint density at radius 2 is 1.58 bits per heavy atom. The van der Waals surface area contributed by atoms with Crippen molar-refractivity contribution in [3.8, 4) is 5.75 Å². The summed E-state index contributed by atoms with van der Waals surface area (Å²) in [5, 5.41) is 10.4. The van der Waals surface area contributed by atoms with E-state index in [1.54, 1.807) is 6.07 Å². The van der Waals surface area contributed by atoms with Crippen LogP contribution in [0.25, 0.3) is 0 Å². The van der Waals surface area contributed by atoms with E-state index in [0.717, 1.165) is 24.3 Å². The van der Waals surface area contributed by atoms with Crippen molar-refractivity contribution in [1.82, 2.24) is 0 Å². The SMILES string of the molecule is O=[N+]([O-])c1ccc(OC(F)(F)c2ccccc2)cc1. The molecule has 0 N–H and O–H groups in total. The Labute approximate surface area is 107 Å². The van der Waals surface area contributed by atoms with E-state index in [4.69, 9.17) is 0 Å². The van der Waals surface area contributed by atoms with Gasteiger partial charge in [0, 0.05) is 12.1 Å². The van der Waals surface area contributed by atoms with Crippen LogP contribution < -0.4 is 4.74 Å². The molecule has 6 heteroatoms. The van der Waals surface area contributed by atoms with Crippen LogP contribution in [0.2, 0.25) is 0 Å². The van der Waals surface area contributed by atoms with Crippen molar-refractivity contribution in [2.75, 3.05) is 0 Å². The van der Waals surface area contributed by atoms with E-state index in [0.29, 0.717) is 0 Å². The third-order valence-corrected chi connectivity index (χ3v) is 2.40. The standard InChI is InChI=1S/C13H9F2NO3/c14-13(15,10-4-2-1-3-5-10)19-12-8-6-11(7-9-12)16(17)18/h1-9H. The molecule has 0 atom stereocenters. The van der Waals surface area contributed by atoms with Crippen molar-refractivity contribution < 1.29 is 18.4 Å². The molecule has 2 rings (SSSR count). The lowest BCUT2D eigenvalue weighted by Gasteiger charge is -2.17. The third-order valence-electron chi connectivity index (χ3n) is 2.40. The summed E-state index contributed by atoms with van der Waals surface area (Å²) in [6.45, 7) is 0. The lowest BCUT2D eigenvalue weighted by atomic mass is 10.2. The summed E-state index contributed by atoms with van der Waals surface area (Å²) in [5.74, 6) is -0.139. The molecule has 0 radical (unpaired) electrons. The first kappa shape index (κ1) is 12.9. The van der Waals surface area contributed by atoms with Gasteiger partial charge in [-0.2, -0.15) is 8.78 Å². The van der Waals surface area contributed by atoms with Gasteiger partial charge in [-0.1, -0.05) is 18.2 Å². The molecule has 2 aromatic rings. The van der Waals surface area contributed by atoms with Gasteiger partial charge in [-0.3, -0.25) is 10.1 Å². The second-order valence-corrected chi connectivity index (χ2v) is 3.74. The fourth-order valence-corrected chi connectivity index (χ4v) is 1.48. The van der Waals surface area contributed by atoms with Crippen LogP contribution in [0.3, 0.4) is 0 Å². The highest BCUT2D eigenvalue weighted by Gasteiger charge is 2.34. The summed E-state index contributed by atoms with van der Waals surface area (Å²) in [6, 6.07) is 11.5. The Morgan fingerprint density at radius 1 is 1.00 bits per heavy atom. The summed E-state index contributed by atoms with van der Waals surface area (Å²) in [5.41, 5.74) is -0.469. The molecule has 0 spiro atoms. The van der Waals surface area contributed by atoms with Gasteiger partial charge in [0.05, 0.1) is 10.5 Å². The lowest BCUT2D eigenvalue weighted by Crippen LogP contribution is -2.21. The molecule has 0 aliphatic carbocycles. The van der Waals surface area contributed by atoms with Crippen molar-refractivity contribution in [2.24, 2.45) is 0 Å². The zero-order chi connectivity index (χ0) is 13.9. The maximum Gasteiger partial charge on any atom is 0.426 e. The van der Waals surface area contributed by atoms with E-state index in [9.17, 15) is 18.9 Å². The first-order valence-electron chi connectivity index (χ1n) is 5.36. The Bertz CT molecular complexity index is 570. The van der Waals surface area contributed by atoms with Gasteiger partial charge in [0.1, 0.15) is 5.75 Å². The Kier molecular flexibility index (Phi) is 3.41. The van der Waals surface area contributed by atoms with Crippen LogP contribution in [0, 0.1) is 10.1 Å². The van der Waals surface area contributed by atoms with Crippen LogP contribution in [0.5, 0.6) is 5.75 Å². The molecule has 0 unspecified atom stereocenters. The van der Waals surface area contributed by atoms with Crippen molar-refractivity contribution in [3.63, 3.8) is 0 Å². The summed E-state index contributed by atoms with van der Waals surface area (Å²) < 4.78 is 32.1. The minimum atomic E-state index is -3.49. The molecule has 2 aromatic carbocycles. The number of benzene rings is 2. The van der Waals surface area contributed by atoms with Crippen LogP contribution in [-0.4, -0.2) is 4.92 Å². The number of nitrogens with zero attached hydrogens (tertiary/aromatic N) is 1. The average molecular weight is 265 g/mol. The maximum absolute atomic E-state index is 13.7. The Balaban J connectivity index is 2.18. The van der Waals surface area contributed by atoms with E-state index in [-0.39, 0.29) is 17.0 Å². The number of hydrogen-bond donors (Lipinski definition) is 0. The predicted octanol–water partition coefficient (Wildman–Crippen LogP) is 3.72. The molecule has 0 saturated carbocycles. The predicted molar refractivity (Wildman–Crippen MR) is 64.1 cm³/mol. The van der Waals surface area contributed by atoms with Gasteiger partial charge in [0.15, 0.2) is 0 Å². The van der Waals surface area contributed by atoms with Gasteiger partial charge in [-0.15, -0.1) is 0 Å².